The third-order valence-corrected chi connectivity index (χ3v) is 10.2. The highest BCUT2D eigenvalue weighted by Crippen LogP contribution is 2.23. The molecule has 0 aliphatic carbocycles. The normalized spacial score (nSPS) is 10.1. The first-order valence-corrected chi connectivity index (χ1v) is 22.0. The minimum Gasteiger partial charge on any atom is -0.475 e. The van der Waals surface area contributed by atoms with Crippen molar-refractivity contribution in [2.24, 2.45) is 0 Å². The molecule has 0 unspecified atom stereocenters. The van der Waals surface area contributed by atoms with Crippen LogP contribution < -0.4 is 15.0 Å². The summed E-state index contributed by atoms with van der Waals surface area (Å²) in [6.07, 6.45) is 0. The molecule has 0 aliphatic heterocycles. The summed E-state index contributed by atoms with van der Waals surface area (Å²) >= 11 is 3.44. The van der Waals surface area contributed by atoms with E-state index in [4.69, 9.17) is 19.1 Å². The molecule has 0 bridgehead atoms. The van der Waals surface area contributed by atoms with Crippen LogP contribution in [0.4, 0.5) is 0 Å². The Hall–Kier alpha value is -8.76. The summed E-state index contributed by atoms with van der Waals surface area (Å²) in [7, 11) is 2.48. The van der Waals surface area contributed by atoms with Crippen molar-refractivity contribution in [1.82, 2.24) is 15.5 Å². The van der Waals surface area contributed by atoms with Crippen LogP contribution in [0.3, 0.4) is 0 Å². The predicted octanol–water partition coefficient (Wildman–Crippen LogP) is 11.3. The lowest BCUT2D eigenvalue weighted by Gasteiger charge is -2.05. The van der Waals surface area contributed by atoms with Crippen molar-refractivity contribution in [2.45, 2.75) is 18.5 Å². The number of carboxylic acids is 1. The van der Waals surface area contributed by atoms with E-state index in [1.165, 1.54) is 48.6 Å². The van der Waals surface area contributed by atoms with Gasteiger partial charge in [0, 0.05) is 5.33 Å². The molecule has 2 N–H and O–H groups in total. The molecule has 0 radical (unpaired) electrons. The monoisotopic (exact) mass is 993 g/mol. The Morgan fingerprint density at radius 2 is 0.870 bits per heavy atom. The van der Waals surface area contributed by atoms with Gasteiger partial charge in [0.2, 0.25) is 17.3 Å². The lowest BCUT2D eigenvalue weighted by atomic mass is 10.0. The van der Waals surface area contributed by atoms with Crippen molar-refractivity contribution in [3.8, 4) is 45.1 Å². The van der Waals surface area contributed by atoms with E-state index in [1.54, 1.807) is 0 Å². The maximum atomic E-state index is 11.3. The Morgan fingerprint density at radius 3 is 1.22 bits per heavy atom. The van der Waals surface area contributed by atoms with Crippen molar-refractivity contribution < 1.29 is 52.0 Å². The fourth-order valence-electron chi connectivity index (χ4n) is 6.02. The SMILES string of the molecule is BrCc1ccc(-c2ccccc2)cc1.COC(=O)c1cc(=O)[nH]o1.COC(=O)c1cc(OCc2ccc(-c3ccccc3)cc2)no1.O=C(O)c1cc(OCc2ccc(-c3ccccc3)cc2)no1. The Labute approximate surface area is 403 Å². The molecule has 3 aromatic heterocycles. The Balaban J connectivity index is 0.000000158. The summed E-state index contributed by atoms with van der Waals surface area (Å²) in [5.41, 5.74) is 9.93. The number of halogens is 1. The number of aromatic amines is 1. The zero-order chi connectivity index (χ0) is 48.8. The molecule has 0 fully saturated rings. The molecule has 16 heteroatoms. The second-order valence-electron chi connectivity index (χ2n) is 14.3. The summed E-state index contributed by atoms with van der Waals surface area (Å²) in [5, 5.41) is 18.8. The number of hydrogen-bond donors (Lipinski definition) is 2. The number of benzene rings is 6. The van der Waals surface area contributed by atoms with Crippen LogP contribution in [0.25, 0.3) is 33.4 Å². The largest absolute Gasteiger partial charge is 0.475 e. The topological polar surface area (TPSA) is 206 Å². The van der Waals surface area contributed by atoms with Gasteiger partial charge in [-0.05, 0) is 60.4 Å². The number of H-pyrrole nitrogens is 1. The molecule has 0 atom stereocenters. The number of nitrogens with zero attached hydrogens (tertiary/aromatic N) is 2. The lowest BCUT2D eigenvalue weighted by Crippen LogP contribution is -1.99. The summed E-state index contributed by atoms with van der Waals surface area (Å²) in [4.78, 5) is 42.8. The molecule has 3 heterocycles. The van der Waals surface area contributed by atoms with Crippen LogP contribution in [0.1, 0.15) is 48.4 Å². The highest BCUT2D eigenvalue weighted by Gasteiger charge is 2.15. The first kappa shape index (κ1) is 49.7. The van der Waals surface area contributed by atoms with E-state index >= 15 is 0 Å². The van der Waals surface area contributed by atoms with Gasteiger partial charge in [0.05, 0.1) is 32.4 Å². The first-order chi connectivity index (χ1) is 33.6. The van der Waals surface area contributed by atoms with E-state index in [0.29, 0.717) is 13.2 Å². The number of hydrogen-bond acceptors (Lipinski definition) is 13. The molecular weight excluding hydrogens is 950 g/mol. The summed E-state index contributed by atoms with van der Waals surface area (Å²) in [6.45, 7) is 0.628. The molecule has 15 nitrogen and oxygen atoms in total. The molecule has 0 aliphatic rings. The minimum atomic E-state index is -1.17. The van der Waals surface area contributed by atoms with E-state index in [0.717, 1.165) is 39.2 Å². The molecule has 9 aromatic rings. The third-order valence-electron chi connectivity index (χ3n) is 9.60. The van der Waals surface area contributed by atoms with E-state index in [1.807, 2.05) is 108 Å². The van der Waals surface area contributed by atoms with E-state index < -0.39 is 23.5 Å². The summed E-state index contributed by atoms with van der Waals surface area (Å²) < 4.78 is 33.6. The Bertz CT molecular complexity index is 3020. The van der Waals surface area contributed by atoms with Gasteiger partial charge < -0.3 is 37.6 Å². The highest BCUT2D eigenvalue weighted by atomic mass is 79.9. The Morgan fingerprint density at radius 1 is 0.507 bits per heavy atom. The van der Waals surface area contributed by atoms with Crippen molar-refractivity contribution in [1.29, 1.82) is 0 Å². The van der Waals surface area contributed by atoms with Gasteiger partial charge in [-0.2, -0.15) is 5.16 Å². The number of rotatable bonds is 13. The number of nitrogens with one attached hydrogen (secondary N) is 1. The van der Waals surface area contributed by atoms with Crippen LogP contribution >= 0.6 is 15.9 Å². The lowest BCUT2D eigenvalue weighted by molar-refractivity contribution is 0.0546. The molecule has 0 saturated carbocycles. The Kier molecular flexibility index (Phi) is 18.6. The maximum Gasteiger partial charge on any atom is 0.377 e. The molecule has 69 heavy (non-hydrogen) atoms. The average Bonchev–Trinajstić information content (AvgIpc) is 4.21. The number of carbonyl (C=O) groups excluding carboxylic acids is 2. The molecule has 0 saturated heterocycles. The van der Waals surface area contributed by atoms with Crippen LogP contribution in [0, 0.1) is 0 Å². The van der Waals surface area contributed by atoms with Crippen LogP contribution in [0.2, 0.25) is 0 Å². The third kappa shape index (κ3) is 15.4. The number of aromatic carboxylic acids is 1. The van der Waals surface area contributed by atoms with Gasteiger partial charge in [0.25, 0.3) is 17.3 Å². The zero-order valence-electron chi connectivity index (χ0n) is 37.2. The van der Waals surface area contributed by atoms with Crippen LogP contribution in [-0.2, 0) is 28.0 Å². The number of esters is 2. The van der Waals surface area contributed by atoms with Crippen LogP contribution in [0.15, 0.2) is 200 Å². The molecule has 350 valence electrons. The van der Waals surface area contributed by atoms with Crippen LogP contribution in [0.5, 0.6) is 11.8 Å². The standard InChI is InChI=1S/C18H15NO4.C17H13NO4.C13H11Br.C5H5NO4/c1-21-18(20)16-11-17(19-23-16)22-12-13-7-9-15(10-8-13)14-5-3-2-4-6-14;19-17(20)15-10-16(18-22-15)21-11-12-6-8-14(9-7-12)13-4-2-1-3-5-13;14-10-11-6-8-13(9-7-11)12-4-2-1-3-5-12;1-9-5(8)3-2-4(7)6-10-3/h2-11H,12H2,1H3;1-10H,11H2,(H,19,20);1-9H,10H2;2H,1H3,(H,6,7). The smallest absolute Gasteiger partial charge is 0.377 e. The average molecular weight is 995 g/mol. The van der Waals surface area contributed by atoms with Crippen molar-refractivity contribution in [3.05, 3.63) is 226 Å². The maximum absolute atomic E-state index is 11.3. The number of ether oxygens (including phenoxy) is 4. The van der Waals surface area contributed by atoms with Crippen molar-refractivity contribution in [3.63, 3.8) is 0 Å². The van der Waals surface area contributed by atoms with Gasteiger partial charge in [-0.1, -0.05) is 180 Å². The number of aromatic nitrogens is 3. The van der Waals surface area contributed by atoms with Gasteiger partial charge in [-0.15, -0.1) is 0 Å². The van der Waals surface area contributed by atoms with E-state index in [-0.39, 0.29) is 29.0 Å². The first-order valence-electron chi connectivity index (χ1n) is 20.9. The molecule has 0 amide bonds. The van der Waals surface area contributed by atoms with Gasteiger partial charge in [-0.3, -0.25) is 4.79 Å². The molecule has 6 aromatic carbocycles. The number of carbonyl (C=O) groups is 3. The number of methoxy groups -OCH3 is 2. The molecule has 9 rings (SSSR count). The fourth-order valence-corrected chi connectivity index (χ4v) is 6.39. The second kappa shape index (κ2) is 25.8. The van der Waals surface area contributed by atoms with Gasteiger partial charge >= 0.3 is 17.9 Å². The summed E-state index contributed by atoms with van der Waals surface area (Å²) in [6, 6.07) is 58.9. The summed E-state index contributed by atoms with van der Waals surface area (Å²) in [5.74, 6) is -2.36. The van der Waals surface area contributed by atoms with Gasteiger partial charge in [-0.25, -0.2) is 14.4 Å². The quantitative estimate of drug-likeness (QED) is 0.0814. The number of alkyl halides is 1. The highest BCUT2D eigenvalue weighted by molar-refractivity contribution is 9.08. The van der Waals surface area contributed by atoms with E-state index in [2.05, 4.69) is 105 Å². The van der Waals surface area contributed by atoms with Gasteiger partial charge in [0.1, 0.15) is 13.2 Å². The second-order valence-corrected chi connectivity index (χ2v) is 14.9. The predicted molar refractivity (Wildman–Crippen MR) is 259 cm³/mol. The molecule has 0 spiro atoms. The van der Waals surface area contributed by atoms with Crippen molar-refractivity contribution in [2.75, 3.05) is 14.2 Å². The molecular formula is C53H44BrN3O12. The zero-order valence-corrected chi connectivity index (χ0v) is 38.7. The van der Waals surface area contributed by atoms with Crippen molar-refractivity contribution >= 4 is 33.8 Å². The van der Waals surface area contributed by atoms with Gasteiger partial charge in [0.15, 0.2) is 0 Å². The number of carboxylic acid groups (broad SMARTS) is 1. The van der Waals surface area contributed by atoms with Crippen LogP contribution in [-0.4, -0.2) is 52.7 Å². The van der Waals surface area contributed by atoms with E-state index in [9.17, 15) is 19.2 Å². The fraction of sp³-hybridized carbons (Fsp3) is 0.0943. The minimum absolute atomic E-state index is 0.0157.